The second-order valence-electron chi connectivity index (χ2n) is 4.01. The van der Waals surface area contributed by atoms with Crippen LogP contribution in [0, 0.1) is 6.92 Å². The molecule has 1 aromatic rings. The summed E-state index contributed by atoms with van der Waals surface area (Å²) in [7, 11) is 0. The molecule has 0 spiro atoms. The molecule has 1 aliphatic rings. The Balaban J connectivity index is 2.62. The quantitative estimate of drug-likeness (QED) is 0.816. The molecule has 0 atom stereocenters. The van der Waals surface area contributed by atoms with Crippen LogP contribution in [0.25, 0.3) is 0 Å². The molecule has 1 N–H and O–H groups in total. The third-order valence-electron chi connectivity index (χ3n) is 2.73. The van der Waals surface area contributed by atoms with Crippen LogP contribution in [0.3, 0.4) is 0 Å². The van der Waals surface area contributed by atoms with E-state index in [0.29, 0.717) is 29.1 Å². The van der Waals surface area contributed by atoms with Crippen LogP contribution in [0.1, 0.15) is 34.8 Å². The monoisotopic (exact) mass is 237 g/mol. The molecule has 4 heteroatoms. The number of ketones is 1. The maximum atomic E-state index is 11.7. The first-order valence-corrected chi connectivity index (χ1v) is 5.51. The summed E-state index contributed by atoms with van der Waals surface area (Å²) in [6.45, 7) is 3.30. The van der Waals surface area contributed by atoms with Gasteiger partial charge in [-0.1, -0.05) is 11.6 Å². The van der Waals surface area contributed by atoms with Crippen LogP contribution < -0.4 is 5.32 Å². The van der Waals surface area contributed by atoms with Crippen LogP contribution in [0.15, 0.2) is 6.07 Å². The molecule has 1 aromatic carbocycles. The number of anilines is 1. The van der Waals surface area contributed by atoms with Gasteiger partial charge in [0.2, 0.25) is 5.91 Å². The minimum absolute atomic E-state index is 0.0562. The Bertz CT molecular complexity index is 494. The van der Waals surface area contributed by atoms with Crippen molar-refractivity contribution >= 4 is 29.0 Å². The summed E-state index contributed by atoms with van der Waals surface area (Å²) in [6.07, 6.45) is 1.15. The van der Waals surface area contributed by atoms with E-state index in [9.17, 15) is 9.59 Å². The minimum atomic E-state index is -0.177. The summed E-state index contributed by atoms with van der Waals surface area (Å²) in [6, 6.07) is 1.76. The smallest absolute Gasteiger partial charge is 0.221 e. The lowest BCUT2D eigenvalue weighted by Gasteiger charge is -2.11. The number of rotatable bonds is 1. The van der Waals surface area contributed by atoms with Gasteiger partial charge in [0.25, 0.3) is 0 Å². The highest BCUT2D eigenvalue weighted by Gasteiger charge is 2.26. The van der Waals surface area contributed by atoms with Crippen molar-refractivity contribution in [2.24, 2.45) is 0 Å². The highest BCUT2D eigenvalue weighted by Crippen LogP contribution is 2.36. The van der Waals surface area contributed by atoms with Crippen molar-refractivity contribution in [1.29, 1.82) is 0 Å². The Morgan fingerprint density at radius 3 is 2.75 bits per heavy atom. The number of amides is 1. The van der Waals surface area contributed by atoms with Crippen LogP contribution in [-0.4, -0.2) is 11.7 Å². The molecule has 16 heavy (non-hydrogen) atoms. The molecular formula is C12H12ClNO2. The van der Waals surface area contributed by atoms with E-state index in [4.69, 9.17) is 11.6 Å². The predicted octanol–water partition coefficient (Wildman–Crippen LogP) is 2.74. The average molecular weight is 238 g/mol. The SMILES string of the molecule is CC(=O)Nc1cc(C)c(Cl)c2c1C(=O)CC2. The number of carbonyl (C=O) groups excluding carboxylic acids is 2. The number of nitrogens with one attached hydrogen (secondary N) is 1. The Hall–Kier alpha value is -1.35. The molecule has 0 saturated carbocycles. The first-order chi connectivity index (χ1) is 7.50. The van der Waals surface area contributed by atoms with Gasteiger partial charge in [0.15, 0.2) is 5.78 Å². The van der Waals surface area contributed by atoms with Gasteiger partial charge in [-0.3, -0.25) is 9.59 Å². The molecule has 0 bridgehead atoms. The fourth-order valence-electron chi connectivity index (χ4n) is 2.07. The molecule has 3 nitrogen and oxygen atoms in total. The second kappa shape index (κ2) is 3.91. The van der Waals surface area contributed by atoms with Gasteiger partial charge in [-0.25, -0.2) is 0 Å². The fourth-order valence-corrected chi connectivity index (χ4v) is 2.31. The second-order valence-corrected chi connectivity index (χ2v) is 4.39. The Morgan fingerprint density at radius 2 is 2.12 bits per heavy atom. The van der Waals surface area contributed by atoms with Crippen LogP contribution in [0.5, 0.6) is 0 Å². The lowest BCUT2D eigenvalue weighted by molar-refractivity contribution is -0.114. The maximum absolute atomic E-state index is 11.7. The molecule has 0 aromatic heterocycles. The molecule has 0 radical (unpaired) electrons. The third-order valence-corrected chi connectivity index (χ3v) is 3.26. The Morgan fingerprint density at radius 1 is 1.44 bits per heavy atom. The number of benzene rings is 1. The normalized spacial score (nSPS) is 13.8. The minimum Gasteiger partial charge on any atom is -0.326 e. The number of carbonyl (C=O) groups is 2. The molecule has 1 aliphatic carbocycles. The van der Waals surface area contributed by atoms with Crippen molar-refractivity contribution in [3.05, 3.63) is 27.8 Å². The predicted molar refractivity (Wildman–Crippen MR) is 63.1 cm³/mol. The van der Waals surface area contributed by atoms with Crippen molar-refractivity contribution in [1.82, 2.24) is 0 Å². The number of fused-ring (bicyclic) bond motifs is 1. The van der Waals surface area contributed by atoms with E-state index < -0.39 is 0 Å². The first kappa shape index (κ1) is 11.1. The molecule has 0 aliphatic heterocycles. The zero-order chi connectivity index (χ0) is 11.9. The largest absolute Gasteiger partial charge is 0.326 e. The average Bonchev–Trinajstić information content (AvgIpc) is 2.56. The number of hydrogen-bond acceptors (Lipinski definition) is 2. The van der Waals surface area contributed by atoms with E-state index in [1.54, 1.807) is 6.07 Å². The van der Waals surface area contributed by atoms with Gasteiger partial charge in [0, 0.05) is 23.9 Å². The van der Waals surface area contributed by atoms with Crippen LogP contribution in [-0.2, 0) is 11.2 Å². The molecule has 1 amide bonds. The molecule has 0 saturated heterocycles. The molecule has 0 unspecified atom stereocenters. The van der Waals surface area contributed by atoms with Crippen molar-refractivity contribution in [2.75, 3.05) is 5.32 Å². The Kier molecular flexibility index (Phi) is 2.72. The highest BCUT2D eigenvalue weighted by molar-refractivity contribution is 6.33. The van der Waals surface area contributed by atoms with E-state index in [0.717, 1.165) is 11.1 Å². The van der Waals surface area contributed by atoms with Crippen molar-refractivity contribution in [3.63, 3.8) is 0 Å². The van der Waals surface area contributed by atoms with Crippen molar-refractivity contribution in [3.8, 4) is 0 Å². The van der Waals surface area contributed by atoms with Crippen LogP contribution >= 0.6 is 11.6 Å². The molecule has 0 heterocycles. The van der Waals surface area contributed by atoms with Crippen LogP contribution in [0.2, 0.25) is 5.02 Å². The van der Waals surface area contributed by atoms with Gasteiger partial charge in [-0.15, -0.1) is 0 Å². The number of Topliss-reactive ketones (excluding diaryl/α,β-unsaturated/α-hetero) is 1. The van der Waals surface area contributed by atoms with E-state index in [2.05, 4.69) is 5.32 Å². The van der Waals surface area contributed by atoms with Gasteiger partial charge >= 0.3 is 0 Å². The molecular weight excluding hydrogens is 226 g/mol. The third kappa shape index (κ3) is 1.71. The summed E-state index contributed by atoms with van der Waals surface area (Å²) in [5.74, 6) is -0.121. The fraction of sp³-hybridized carbons (Fsp3) is 0.333. The zero-order valence-electron chi connectivity index (χ0n) is 9.19. The van der Waals surface area contributed by atoms with Crippen molar-refractivity contribution < 1.29 is 9.59 Å². The van der Waals surface area contributed by atoms with Gasteiger partial charge in [0.05, 0.1) is 5.69 Å². The summed E-state index contributed by atoms with van der Waals surface area (Å²) in [5, 5.41) is 3.33. The molecule has 2 rings (SSSR count). The maximum Gasteiger partial charge on any atom is 0.221 e. The Labute approximate surface area is 98.8 Å². The summed E-state index contributed by atoms with van der Waals surface area (Å²) >= 11 is 6.15. The highest BCUT2D eigenvalue weighted by atomic mass is 35.5. The van der Waals surface area contributed by atoms with Gasteiger partial charge < -0.3 is 5.32 Å². The van der Waals surface area contributed by atoms with E-state index in [1.165, 1.54) is 6.92 Å². The van der Waals surface area contributed by atoms with Crippen molar-refractivity contribution in [2.45, 2.75) is 26.7 Å². The molecule has 84 valence electrons. The zero-order valence-corrected chi connectivity index (χ0v) is 9.94. The van der Waals surface area contributed by atoms with Gasteiger partial charge in [-0.05, 0) is 30.5 Å². The summed E-state index contributed by atoms with van der Waals surface area (Å²) in [4.78, 5) is 22.8. The standard InChI is InChI=1S/C12H12ClNO2/c1-6-5-9(14-7(2)15)11-8(12(6)13)3-4-10(11)16/h5H,3-4H2,1-2H3,(H,14,15). The number of halogens is 1. The lowest BCUT2D eigenvalue weighted by Crippen LogP contribution is -2.10. The van der Waals surface area contributed by atoms with Gasteiger partial charge in [-0.2, -0.15) is 0 Å². The van der Waals surface area contributed by atoms with Gasteiger partial charge in [0.1, 0.15) is 0 Å². The van der Waals surface area contributed by atoms with E-state index in [1.807, 2.05) is 6.92 Å². The summed E-state index contributed by atoms with van der Waals surface area (Å²) < 4.78 is 0. The van der Waals surface area contributed by atoms with Crippen LogP contribution in [0.4, 0.5) is 5.69 Å². The number of aryl methyl sites for hydroxylation is 1. The first-order valence-electron chi connectivity index (χ1n) is 5.13. The number of hydrogen-bond donors (Lipinski definition) is 1. The van der Waals surface area contributed by atoms with E-state index in [-0.39, 0.29) is 11.7 Å². The summed E-state index contributed by atoms with van der Waals surface area (Å²) in [5.41, 5.74) is 2.94. The molecule has 0 fully saturated rings. The topological polar surface area (TPSA) is 46.2 Å². The lowest BCUT2D eigenvalue weighted by atomic mass is 10.0. The van der Waals surface area contributed by atoms with E-state index >= 15 is 0 Å².